The van der Waals surface area contributed by atoms with Crippen molar-refractivity contribution in [3.63, 3.8) is 0 Å². The number of nitrogens with zero attached hydrogens (tertiary/aromatic N) is 2. The summed E-state index contributed by atoms with van der Waals surface area (Å²) in [4.78, 5) is 11.0. The van der Waals surface area contributed by atoms with Crippen molar-refractivity contribution in [1.82, 2.24) is 9.78 Å². The molecule has 1 aromatic heterocycles. The van der Waals surface area contributed by atoms with Gasteiger partial charge in [0.15, 0.2) is 5.75 Å². The Morgan fingerprint density at radius 3 is 2.46 bits per heavy atom. The smallest absolute Gasteiger partial charge is 0.325 e. The molecule has 0 unspecified atom stereocenters. The Hall–Kier alpha value is -2.54. The molecule has 2 aromatic rings. The van der Waals surface area contributed by atoms with E-state index >= 15 is 0 Å². The maximum Gasteiger partial charge on any atom is 0.325 e. The molecule has 28 heavy (non-hydrogen) atoms. The van der Waals surface area contributed by atoms with Gasteiger partial charge in [0, 0.05) is 0 Å². The van der Waals surface area contributed by atoms with Crippen molar-refractivity contribution in [3.8, 4) is 11.5 Å². The highest BCUT2D eigenvalue weighted by atomic mass is 28.4. The Morgan fingerprint density at radius 2 is 1.89 bits per heavy atom. The van der Waals surface area contributed by atoms with Gasteiger partial charge in [-0.25, -0.2) is 0 Å². The van der Waals surface area contributed by atoms with E-state index in [2.05, 4.69) is 39.0 Å². The molecule has 1 heterocycles. The summed E-state index contributed by atoms with van der Waals surface area (Å²) in [5.41, 5.74) is 2.44. The Morgan fingerprint density at radius 1 is 1.21 bits per heavy atom. The van der Waals surface area contributed by atoms with E-state index < -0.39 is 14.3 Å². The van der Waals surface area contributed by atoms with E-state index in [1.807, 2.05) is 43.3 Å². The highest BCUT2D eigenvalue weighted by molar-refractivity contribution is 6.74. The number of aromatic nitrogens is 2. The molecule has 0 saturated carbocycles. The lowest BCUT2D eigenvalue weighted by atomic mass is 10.1. The highest BCUT2D eigenvalue weighted by Crippen LogP contribution is 2.40. The average molecular weight is 403 g/mol. The normalized spacial score (nSPS) is 12.4. The zero-order valence-corrected chi connectivity index (χ0v) is 18.7. The fourth-order valence-electron chi connectivity index (χ4n) is 2.44. The summed E-state index contributed by atoms with van der Waals surface area (Å²) in [6.45, 7) is 12.7. The maximum absolute atomic E-state index is 11.0. The third-order valence-electron chi connectivity index (χ3n) is 5.02. The largest absolute Gasteiger partial charge is 0.541 e. The van der Waals surface area contributed by atoms with Crippen molar-refractivity contribution >= 4 is 26.4 Å². The third-order valence-corrected chi connectivity index (χ3v) is 9.37. The van der Waals surface area contributed by atoms with E-state index in [9.17, 15) is 4.79 Å². The molecule has 0 aliphatic heterocycles. The van der Waals surface area contributed by atoms with Gasteiger partial charge in [0.05, 0.1) is 18.5 Å². The van der Waals surface area contributed by atoms with Gasteiger partial charge in [-0.1, -0.05) is 32.9 Å². The monoisotopic (exact) mass is 402 g/mol. The first-order valence-electron chi connectivity index (χ1n) is 9.24. The van der Waals surface area contributed by atoms with Crippen LogP contribution in [-0.4, -0.2) is 36.3 Å². The second-order valence-corrected chi connectivity index (χ2v) is 13.1. The van der Waals surface area contributed by atoms with Crippen LogP contribution in [0.2, 0.25) is 18.1 Å². The van der Waals surface area contributed by atoms with Crippen molar-refractivity contribution in [3.05, 3.63) is 41.2 Å². The van der Waals surface area contributed by atoms with E-state index in [-0.39, 0.29) is 11.6 Å². The summed E-state index contributed by atoms with van der Waals surface area (Å²) in [5.74, 6) is 0.506. The van der Waals surface area contributed by atoms with E-state index in [0.29, 0.717) is 5.75 Å². The second-order valence-electron chi connectivity index (χ2n) is 8.37. The van der Waals surface area contributed by atoms with Gasteiger partial charge in [0.25, 0.3) is 8.32 Å². The molecule has 6 nitrogen and oxygen atoms in total. The Labute approximate surface area is 167 Å². The van der Waals surface area contributed by atoms with Gasteiger partial charge in [-0.05, 0) is 54.9 Å². The molecule has 0 aliphatic rings. The molecule has 0 bridgehead atoms. The van der Waals surface area contributed by atoms with E-state index in [1.165, 1.54) is 4.68 Å². The fourth-order valence-corrected chi connectivity index (χ4v) is 3.46. The first kappa shape index (κ1) is 21.8. The van der Waals surface area contributed by atoms with Crippen LogP contribution in [0.3, 0.4) is 0 Å². The Bertz CT molecular complexity index is 879. The number of rotatable bonds is 7. The van der Waals surface area contributed by atoms with Crippen LogP contribution >= 0.6 is 0 Å². The van der Waals surface area contributed by atoms with Crippen molar-refractivity contribution in [1.29, 1.82) is 0 Å². The molecule has 1 aromatic carbocycles. The quantitative estimate of drug-likeness (QED) is 0.671. The van der Waals surface area contributed by atoms with Gasteiger partial charge < -0.3 is 14.3 Å². The molecule has 0 spiro atoms. The zero-order valence-electron chi connectivity index (χ0n) is 17.7. The standard InChI is InChI=1S/C21H30N2O4Si/c1-15-12-17(23(22-15)14-20(24)25)10-8-16-9-11-18(19(13-16)26-5)27-28(6,7)21(2,3)4/h8-13H,14H2,1-7H3,(H,24,25). The highest BCUT2D eigenvalue weighted by Gasteiger charge is 2.39. The van der Waals surface area contributed by atoms with Crippen molar-refractivity contribution in [2.45, 2.75) is 52.4 Å². The predicted octanol–water partition coefficient (Wildman–Crippen LogP) is 4.84. The number of methoxy groups -OCH3 is 1. The number of carboxylic acids is 1. The Balaban J connectivity index is 2.27. The van der Waals surface area contributed by atoms with Gasteiger partial charge in [-0.15, -0.1) is 0 Å². The summed E-state index contributed by atoms with van der Waals surface area (Å²) >= 11 is 0. The van der Waals surface area contributed by atoms with Crippen LogP contribution in [0.4, 0.5) is 0 Å². The van der Waals surface area contributed by atoms with E-state index in [4.69, 9.17) is 14.3 Å². The van der Waals surface area contributed by atoms with E-state index in [0.717, 1.165) is 22.7 Å². The molecule has 2 rings (SSSR count). The second kappa shape index (κ2) is 8.22. The number of carboxylic acid groups (broad SMARTS) is 1. The Kier molecular flexibility index (Phi) is 6.39. The molecule has 0 saturated heterocycles. The first-order valence-corrected chi connectivity index (χ1v) is 12.1. The molecule has 1 N–H and O–H groups in total. The number of benzene rings is 1. The van der Waals surface area contributed by atoms with Crippen LogP contribution < -0.4 is 9.16 Å². The molecule has 0 fully saturated rings. The fraction of sp³-hybridized carbons (Fsp3) is 0.429. The summed E-state index contributed by atoms with van der Waals surface area (Å²) in [5, 5.41) is 13.3. The molecule has 152 valence electrons. The van der Waals surface area contributed by atoms with Crippen LogP contribution in [0.15, 0.2) is 24.3 Å². The molecule has 0 atom stereocenters. The third kappa shape index (κ3) is 5.25. The van der Waals surface area contributed by atoms with Crippen molar-refractivity contribution in [2.24, 2.45) is 0 Å². The summed E-state index contributed by atoms with van der Waals surface area (Å²) in [6.07, 6.45) is 3.76. The van der Waals surface area contributed by atoms with Crippen LogP contribution in [0, 0.1) is 6.92 Å². The van der Waals surface area contributed by atoms with Crippen molar-refractivity contribution in [2.75, 3.05) is 7.11 Å². The number of carbonyl (C=O) groups is 1. The minimum Gasteiger partial charge on any atom is -0.541 e. The topological polar surface area (TPSA) is 73.6 Å². The van der Waals surface area contributed by atoms with E-state index in [1.54, 1.807) is 7.11 Å². The summed E-state index contributed by atoms with van der Waals surface area (Å²) in [6, 6.07) is 7.67. The lowest BCUT2D eigenvalue weighted by molar-refractivity contribution is -0.137. The molecule has 0 amide bonds. The summed E-state index contributed by atoms with van der Waals surface area (Å²) in [7, 11) is -0.336. The predicted molar refractivity (Wildman–Crippen MR) is 114 cm³/mol. The van der Waals surface area contributed by atoms with Gasteiger partial charge in [-0.2, -0.15) is 5.10 Å². The maximum atomic E-state index is 11.0. The molecular formula is C21H30N2O4Si. The van der Waals surface area contributed by atoms with Gasteiger partial charge >= 0.3 is 5.97 Å². The first-order chi connectivity index (χ1) is 12.9. The molecule has 0 radical (unpaired) electrons. The lowest BCUT2D eigenvalue weighted by Gasteiger charge is -2.36. The molecular weight excluding hydrogens is 372 g/mol. The number of ether oxygens (including phenoxy) is 1. The lowest BCUT2D eigenvalue weighted by Crippen LogP contribution is -2.43. The number of hydrogen-bond acceptors (Lipinski definition) is 4. The average Bonchev–Trinajstić information content (AvgIpc) is 2.91. The number of aryl methyl sites for hydroxylation is 1. The minimum atomic E-state index is -1.97. The zero-order chi connectivity index (χ0) is 21.1. The van der Waals surface area contributed by atoms with Crippen LogP contribution in [0.5, 0.6) is 11.5 Å². The van der Waals surface area contributed by atoms with Gasteiger partial charge in [0.2, 0.25) is 0 Å². The molecule has 7 heteroatoms. The van der Waals surface area contributed by atoms with Gasteiger partial charge in [0.1, 0.15) is 12.3 Å². The van der Waals surface area contributed by atoms with Gasteiger partial charge in [-0.3, -0.25) is 9.48 Å². The van der Waals surface area contributed by atoms with Crippen LogP contribution in [-0.2, 0) is 11.3 Å². The SMILES string of the molecule is COc1cc(C=Cc2cc(C)nn2CC(=O)O)ccc1O[Si](C)(C)C(C)(C)C. The van der Waals surface area contributed by atoms with Crippen molar-refractivity contribution < 1.29 is 19.1 Å². The van der Waals surface area contributed by atoms with Crippen LogP contribution in [0.25, 0.3) is 12.2 Å². The molecule has 0 aliphatic carbocycles. The van der Waals surface area contributed by atoms with Crippen LogP contribution in [0.1, 0.15) is 37.7 Å². The number of aliphatic carboxylic acids is 1. The number of hydrogen-bond donors (Lipinski definition) is 1. The summed E-state index contributed by atoms with van der Waals surface area (Å²) < 4.78 is 13.4. The minimum absolute atomic E-state index is 0.0942.